The van der Waals surface area contributed by atoms with E-state index in [4.69, 9.17) is 20.8 Å². The average Bonchev–Trinajstić information content (AvgIpc) is 3.13. The highest BCUT2D eigenvalue weighted by Gasteiger charge is 2.30. The third-order valence-corrected chi connectivity index (χ3v) is 5.25. The zero-order valence-electron chi connectivity index (χ0n) is 16.3. The fourth-order valence-corrected chi connectivity index (χ4v) is 3.24. The zero-order chi connectivity index (χ0) is 21.3. The van der Waals surface area contributed by atoms with Crippen LogP contribution in [0, 0.1) is 0 Å². The number of nitrogens with one attached hydrogen (secondary N) is 1. The van der Waals surface area contributed by atoms with Gasteiger partial charge in [0.2, 0.25) is 5.89 Å². The van der Waals surface area contributed by atoms with Crippen LogP contribution < -0.4 is 10.1 Å². The summed E-state index contributed by atoms with van der Waals surface area (Å²) < 4.78 is 12.7. The number of anilines is 1. The number of nitrogens with zero attached hydrogens (tertiary/aromatic N) is 1. The normalized spacial score (nSPS) is 11.5. The molecule has 1 amide bonds. The van der Waals surface area contributed by atoms with Crippen LogP contribution in [0.1, 0.15) is 13.8 Å². The molecule has 0 radical (unpaired) electrons. The van der Waals surface area contributed by atoms with Gasteiger partial charge >= 0.3 is 0 Å². The van der Waals surface area contributed by atoms with Crippen LogP contribution in [0.15, 0.2) is 75.6 Å². The van der Waals surface area contributed by atoms with Crippen molar-refractivity contribution in [2.24, 2.45) is 0 Å². The van der Waals surface area contributed by atoms with Gasteiger partial charge in [-0.1, -0.05) is 27.5 Å². The highest BCUT2D eigenvalue weighted by Crippen LogP contribution is 2.28. The molecule has 0 aliphatic carbocycles. The maximum atomic E-state index is 12.8. The molecule has 1 heterocycles. The van der Waals surface area contributed by atoms with Crippen LogP contribution >= 0.6 is 27.5 Å². The van der Waals surface area contributed by atoms with E-state index in [1.165, 1.54) is 0 Å². The van der Waals surface area contributed by atoms with Crippen molar-refractivity contribution in [3.63, 3.8) is 0 Å². The molecule has 0 spiro atoms. The van der Waals surface area contributed by atoms with E-state index in [1.54, 1.807) is 56.3 Å². The molecule has 0 unspecified atom stereocenters. The summed E-state index contributed by atoms with van der Waals surface area (Å²) >= 11 is 9.32. The summed E-state index contributed by atoms with van der Waals surface area (Å²) in [6, 6.07) is 19.9. The van der Waals surface area contributed by atoms with E-state index in [9.17, 15) is 4.79 Å². The number of hydrogen-bond acceptors (Lipinski definition) is 4. The lowest BCUT2D eigenvalue weighted by Crippen LogP contribution is -2.42. The van der Waals surface area contributed by atoms with Gasteiger partial charge in [-0.05, 0) is 80.6 Å². The van der Waals surface area contributed by atoms with Crippen LogP contribution in [0.3, 0.4) is 0 Å². The zero-order valence-corrected chi connectivity index (χ0v) is 18.6. The molecule has 0 fully saturated rings. The van der Waals surface area contributed by atoms with Gasteiger partial charge in [-0.2, -0.15) is 0 Å². The van der Waals surface area contributed by atoms with Crippen LogP contribution in [0.5, 0.6) is 5.75 Å². The van der Waals surface area contributed by atoms with Crippen molar-refractivity contribution < 1.29 is 13.9 Å². The van der Waals surface area contributed by atoms with E-state index in [0.29, 0.717) is 33.4 Å². The number of oxazole rings is 1. The number of halogens is 2. The van der Waals surface area contributed by atoms with Crippen molar-refractivity contribution in [3.8, 4) is 17.2 Å². The van der Waals surface area contributed by atoms with Crippen molar-refractivity contribution in [1.82, 2.24) is 4.98 Å². The van der Waals surface area contributed by atoms with Gasteiger partial charge in [0.15, 0.2) is 11.2 Å². The number of ether oxygens (including phenoxy) is 1. The Balaban J connectivity index is 1.52. The van der Waals surface area contributed by atoms with Gasteiger partial charge in [0.05, 0.1) is 0 Å². The molecule has 0 saturated heterocycles. The third-order valence-electron chi connectivity index (χ3n) is 4.47. The summed E-state index contributed by atoms with van der Waals surface area (Å²) in [5, 5.41) is 3.49. The van der Waals surface area contributed by atoms with Crippen molar-refractivity contribution >= 4 is 50.2 Å². The molecule has 0 atom stereocenters. The Morgan fingerprint density at radius 2 is 1.77 bits per heavy atom. The van der Waals surface area contributed by atoms with Crippen molar-refractivity contribution in [3.05, 3.63) is 76.2 Å². The monoisotopic (exact) mass is 484 g/mol. The number of carbonyl (C=O) groups excluding carboxylic acids is 1. The van der Waals surface area contributed by atoms with Crippen LogP contribution in [0.2, 0.25) is 5.02 Å². The summed E-state index contributed by atoms with van der Waals surface area (Å²) in [4.78, 5) is 17.3. The first kappa shape index (κ1) is 20.4. The average molecular weight is 486 g/mol. The van der Waals surface area contributed by atoms with Crippen LogP contribution in [0.4, 0.5) is 5.69 Å². The van der Waals surface area contributed by atoms with Crippen LogP contribution in [-0.4, -0.2) is 16.5 Å². The molecule has 7 heteroatoms. The number of hydrogen-bond donors (Lipinski definition) is 1. The second-order valence-corrected chi connectivity index (χ2v) is 8.58. The fourth-order valence-electron chi connectivity index (χ4n) is 2.85. The molecular formula is C23H18BrClN2O3. The van der Waals surface area contributed by atoms with Gasteiger partial charge in [-0.25, -0.2) is 4.98 Å². The smallest absolute Gasteiger partial charge is 0.267 e. The summed E-state index contributed by atoms with van der Waals surface area (Å²) in [5.74, 6) is 0.798. The first-order chi connectivity index (χ1) is 14.3. The lowest BCUT2D eigenvalue weighted by molar-refractivity contribution is -0.128. The lowest BCUT2D eigenvalue weighted by Gasteiger charge is -2.25. The minimum absolute atomic E-state index is 0.284. The molecule has 4 aromatic rings. The topological polar surface area (TPSA) is 64.4 Å². The highest BCUT2D eigenvalue weighted by molar-refractivity contribution is 9.10. The standard InChI is InChI=1S/C23H18BrClN2O3/c1-23(2,30-18-10-7-16(25)8-11-18)22(28)26-17-9-12-20-19(13-17)27-21(29-20)14-3-5-15(24)6-4-14/h3-13H,1-2H3,(H,26,28). The maximum absolute atomic E-state index is 12.8. The van der Waals surface area contributed by atoms with Gasteiger partial charge in [0.1, 0.15) is 11.3 Å². The Labute approximate surface area is 187 Å². The van der Waals surface area contributed by atoms with E-state index < -0.39 is 5.60 Å². The Morgan fingerprint density at radius 3 is 2.47 bits per heavy atom. The van der Waals surface area contributed by atoms with Gasteiger partial charge in [0, 0.05) is 20.7 Å². The Morgan fingerprint density at radius 1 is 1.07 bits per heavy atom. The summed E-state index contributed by atoms with van der Waals surface area (Å²) in [6.45, 7) is 3.41. The molecule has 0 aliphatic heterocycles. The highest BCUT2D eigenvalue weighted by atomic mass is 79.9. The predicted octanol–water partition coefficient (Wildman–Crippen LogP) is 6.71. The van der Waals surface area contributed by atoms with E-state index in [2.05, 4.69) is 26.2 Å². The molecule has 0 bridgehead atoms. The Bertz CT molecular complexity index is 1200. The minimum Gasteiger partial charge on any atom is -0.478 e. The SMILES string of the molecule is CC(C)(Oc1ccc(Cl)cc1)C(=O)Nc1ccc2oc(-c3ccc(Br)cc3)nc2c1. The first-order valence-electron chi connectivity index (χ1n) is 9.23. The number of amides is 1. The first-order valence-corrected chi connectivity index (χ1v) is 10.4. The molecule has 4 rings (SSSR count). The Hall–Kier alpha value is -2.83. The summed E-state index contributed by atoms with van der Waals surface area (Å²) in [5.41, 5.74) is 1.69. The quantitative estimate of drug-likeness (QED) is 0.341. The predicted molar refractivity (Wildman–Crippen MR) is 122 cm³/mol. The van der Waals surface area contributed by atoms with Gasteiger partial charge in [-0.15, -0.1) is 0 Å². The maximum Gasteiger partial charge on any atom is 0.267 e. The lowest BCUT2D eigenvalue weighted by atomic mass is 10.1. The van der Waals surface area contributed by atoms with Crippen LogP contribution in [-0.2, 0) is 4.79 Å². The Kier molecular flexibility index (Phi) is 5.54. The number of aromatic nitrogens is 1. The molecule has 3 aromatic carbocycles. The molecule has 1 N–H and O–H groups in total. The van der Waals surface area contributed by atoms with Gasteiger partial charge in [0.25, 0.3) is 5.91 Å². The van der Waals surface area contributed by atoms with Crippen molar-refractivity contribution in [1.29, 1.82) is 0 Å². The molecule has 5 nitrogen and oxygen atoms in total. The minimum atomic E-state index is -1.09. The number of rotatable bonds is 5. The molecule has 0 aliphatic rings. The number of fused-ring (bicyclic) bond motifs is 1. The van der Waals surface area contributed by atoms with E-state index in [1.807, 2.05) is 24.3 Å². The largest absolute Gasteiger partial charge is 0.478 e. The number of benzene rings is 3. The van der Waals surface area contributed by atoms with Gasteiger partial charge < -0.3 is 14.5 Å². The number of carbonyl (C=O) groups is 1. The molecular weight excluding hydrogens is 468 g/mol. The van der Waals surface area contributed by atoms with E-state index in [0.717, 1.165) is 10.0 Å². The molecule has 30 heavy (non-hydrogen) atoms. The molecule has 152 valence electrons. The van der Waals surface area contributed by atoms with Crippen LogP contribution in [0.25, 0.3) is 22.6 Å². The van der Waals surface area contributed by atoms with E-state index >= 15 is 0 Å². The van der Waals surface area contributed by atoms with Crippen molar-refractivity contribution in [2.45, 2.75) is 19.4 Å². The summed E-state index contributed by atoms with van der Waals surface area (Å²) in [7, 11) is 0. The van der Waals surface area contributed by atoms with Gasteiger partial charge in [-0.3, -0.25) is 4.79 Å². The third kappa shape index (κ3) is 4.50. The second-order valence-electron chi connectivity index (χ2n) is 7.23. The van der Waals surface area contributed by atoms with Crippen molar-refractivity contribution in [2.75, 3.05) is 5.32 Å². The molecule has 1 aromatic heterocycles. The van der Waals surface area contributed by atoms with E-state index in [-0.39, 0.29) is 5.91 Å². The summed E-state index contributed by atoms with van der Waals surface area (Å²) in [6.07, 6.45) is 0. The second kappa shape index (κ2) is 8.13. The fraction of sp³-hybridized carbons (Fsp3) is 0.130. The molecule has 0 saturated carbocycles.